The first-order chi connectivity index (χ1) is 13.2. The van der Waals surface area contributed by atoms with Gasteiger partial charge in [0.2, 0.25) is 5.91 Å². The molecule has 2 fully saturated rings. The van der Waals surface area contributed by atoms with Crippen molar-refractivity contribution in [3.8, 4) is 0 Å². The molecule has 27 heavy (non-hydrogen) atoms. The summed E-state index contributed by atoms with van der Waals surface area (Å²) in [6.07, 6.45) is 2.83. The van der Waals surface area contributed by atoms with Crippen LogP contribution in [0.4, 0.5) is 11.4 Å². The third kappa shape index (κ3) is 4.61. The first-order valence-electron chi connectivity index (χ1n) is 9.87. The van der Waals surface area contributed by atoms with Gasteiger partial charge in [0.25, 0.3) is 0 Å². The van der Waals surface area contributed by atoms with E-state index in [1.807, 2.05) is 42.5 Å². The monoisotopic (exact) mass is 364 g/mol. The van der Waals surface area contributed by atoms with Crippen molar-refractivity contribution < 1.29 is 4.79 Å². The average molecular weight is 364 g/mol. The molecule has 1 unspecified atom stereocenters. The maximum atomic E-state index is 12.0. The molecular formula is C22H28N4O. The van der Waals surface area contributed by atoms with E-state index in [0.717, 1.165) is 43.3 Å². The molecule has 3 N–H and O–H groups in total. The molecule has 1 aliphatic carbocycles. The summed E-state index contributed by atoms with van der Waals surface area (Å²) in [5, 5.41) is 3.31. The molecule has 142 valence electrons. The molecule has 1 amide bonds. The number of rotatable bonds is 7. The first kappa shape index (κ1) is 17.9. The van der Waals surface area contributed by atoms with Crippen LogP contribution in [0.3, 0.4) is 0 Å². The molecule has 1 saturated carbocycles. The maximum absolute atomic E-state index is 12.0. The summed E-state index contributed by atoms with van der Waals surface area (Å²) in [4.78, 5) is 17.0. The van der Waals surface area contributed by atoms with Gasteiger partial charge in [0, 0.05) is 44.1 Å². The number of carbonyl (C=O) groups is 1. The third-order valence-electron chi connectivity index (χ3n) is 5.53. The van der Waals surface area contributed by atoms with E-state index in [2.05, 4.69) is 27.2 Å². The Labute approximate surface area is 161 Å². The third-order valence-corrected chi connectivity index (χ3v) is 5.53. The van der Waals surface area contributed by atoms with Crippen LogP contribution in [-0.4, -0.2) is 43.5 Å². The highest BCUT2D eigenvalue weighted by Crippen LogP contribution is 2.30. The molecule has 1 atom stereocenters. The highest BCUT2D eigenvalue weighted by Gasteiger charge is 2.26. The number of anilines is 2. The van der Waals surface area contributed by atoms with Crippen molar-refractivity contribution in [2.45, 2.75) is 18.9 Å². The zero-order valence-corrected chi connectivity index (χ0v) is 15.7. The lowest BCUT2D eigenvalue weighted by molar-refractivity contribution is -0.118. The largest absolute Gasteiger partial charge is 0.370 e. The lowest BCUT2D eigenvalue weighted by Gasteiger charge is -2.36. The van der Waals surface area contributed by atoms with Gasteiger partial charge in [-0.3, -0.25) is 9.69 Å². The SMILES string of the molecule is NC(=O)C(Nc1cccc(N2CCN(CC3CC3)CC2)c1)c1ccccc1. The number of nitrogens with one attached hydrogen (secondary N) is 1. The van der Waals surface area contributed by atoms with Crippen LogP contribution in [0, 0.1) is 5.92 Å². The predicted octanol–water partition coefficient (Wildman–Crippen LogP) is 2.86. The van der Waals surface area contributed by atoms with Crippen LogP contribution in [-0.2, 0) is 4.79 Å². The Hall–Kier alpha value is -2.53. The van der Waals surface area contributed by atoms with E-state index in [1.165, 1.54) is 25.1 Å². The van der Waals surface area contributed by atoms with Crippen molar-refractivity contribution in [3.05, 3.63) is 60.2 Å². The van der Waals surface area contributed by atoms with Gasteiger partial charge >= 0.3 is 0 Å². The van der Waals surface area contributed by atoms with Gasteiger partial charge in [-0.15, -0.1) is 0 Å². The molecule has 0 aromatic heterocycles. The van der Waals surface area contributed by atoms with Crippen molar-refractivity contribution in [2.24, 2.45) is 11.7 Å². The van der Waals surface area contributed by atoms with Crippen LogP contribution >= 0.6 is 0 Å². The van der Waals surface area contributed by atoms with Gasteiger partial charge in [-0.05, 0) is 42.5 Å². The molecule has 2 aromatic carbocycles. The minimum absolute atomic E-state index is 0.375. The fraction of sp³-hybridized carbons (Fsp3) is 0.409. The Bertz CT molecular complexity index is 767. The van der Waals surface area contributed by atoms with Crippen LogP contribution in [0.2, 0.25) is 0 Å². The first-order valence-corrected chi connectivity index (χ1v) is 9.87. The van der Waals surface area contributed by atoms with Crippen LogP contribution in [0.1, 0.15) is 24.4 Å². The second-order valence-corrected chi connectivity index (χ2v) is 7.67. The molecule has 5 nitrogen and oxygen atoms in total. The Morgan fingerprint density at radius 1 is 1.04 bits per heavy atom. The molecule has 1 heterocycles. The molecule has 2 aromatic rings. The number of nitrogens with zero attached hydrogens (tertiary/aromatic N) is 2. The van der Waals surface area contributed by atoms with E-state index >= 15 is 0 Å². The smallest absolute Gasteiger partial charge is 0.244 e. The number of benzene rings is 2. The molecule has 4 rings (SSSR count). The predicted molar refractivity (Wildman–Crippen MR) is 110 cm³/mol. The molecule has 1 aliphatic heterocycles. The van der Waals surface area contributed by atoms with Crippen molar-refractivity contribution in [1.82, 2.24) is 4.90 Å². The maximum Gasteiger partial charge on any atom is 0.244 e. The van der Waals surface area contributed by atoms with Crippen LogP contribution < -0.4 is 16.0 Å². The van der Waals surface area contributed by atoms with E-state index in [9.17, 15) is 4.79 Å². The molecule has 0 bridgehead atoms. The van der Waals surface area contributed by atoms with Crippen molar-refractivity contribution in [1.29, 1.82) is 0 Å². The summed E-state index contributed by atoms with van der Waals surface area (Å²) in [7, 11) is 0. The van der Waals surface area contributed by atoms with Gasteiger partial charge in [0.1, 0.15) is 6.04 Å². The highest BCUT2D eigenvalue weighted by molar-refractivity contribution is 5.84. The zero-order chi connectivity index (χ0) is 18.6. The Morgan fingerprint density at radius 2 is 1.78 bits per heavy atom. The van der Waals surface area contributed by atoms with Gasteiger partial charge in [0.05, 0.1) is 0 Å². The highest BCUT2D eigenvalue weighted by atomic mass is 16.1. The minimum atomic E-state index is -0.531. The molecule has 0 radical (unpaired) electrons. The average Bonchev–Trinajstić information content (AvgIpc) is 3.51. The molecule has 2 aliphatic rings. The normalized spacial score (nSPS) is 18.9. The van der Waals surface area contributed by atoms with Gasteiger partial charge in [-0.25, -0.2) is 0 Å². The van der Waals surface area contributed by atoms with E-state index in [-0.39, 0.29) is 5.91 Å². The quantitative estimate of drug-likeness (QED) is 0.793. The van der Waals surface area contributed by atoms with Crippen molar-refractivity contribution >= 4 is 17.3 Å². The number of nitrogens with two attached hydrogens (primary N) is 1. The van der Waals surface area contributed by atoms with Crippen LogP contribution in [0.25, 0.3) is 0 Å². The molecule has 1 saturated heterocycles. The van der Waals surface area contributed by atoms with Crippen LogP contribution in [0.15, 0.2) is 54.6 Å². The van der Waals surface area contributed by atoms with Crippen molar-refractivity contribution in [2.75, 3.05) is 42.9 Å². The number of hydrogen-bond acceptors (Lipinski definition) is 4. The molecular weight excluding hydrogens is 336 g/mol. The van der Waals surface area contributed by atoms with Gasteiger partial charge in [-0.1, -0.05) is 36.4 Å². The Balaban J connectivity index is 1.42. The zero-order valence-electron chi connectivity index (χ0n) is 15.7. The summed E-state index contributed by atoms with van der Waals surface area (Å²) < 4.78 is 0. The fourth-order valence-corrected chi connectivity index (χ4v) is 3.78. The number of carbonyl (C=O) groups excluding carboxylic acids is 1. The van der Waals surface area contributed by atoms with E-state index in [0.29, 0.717) is 0 Å². The lowest BCUT2D eigenvalue weighted by atomic mass is 10.1. The number of amides is 1. The van der Waals surface area contributed by atoms with E-state index in [1.54, 1.807) is 0 Å². The van der Waals surface area contributed by atoms with E-state index in [4.69, 9.17) is 5.73 Å². The minimum Gasteiger partial charge on any atom is -0.370 e. The lowest BCUT2D eigenvalue weighted by Crippen LogP contribution is -2.47. The summed E-state index contributed by atoms with van der Waals surface area (Å²) in [6.45, 7) is 5.62. The fourth-order valence-electron chi connectivity index (χ4n) is 3.78. The van der Waals surface area contributed by atoms with Crippen LogP contribution in [0.5, 0.6) is 0 Å². The number of primary amides is 1. The van der Waals surface area contributed by atoms with Gasteiger partial charge < -0.3 is 16.0 Å². The second kappa shape index (κ2) is 8.01. The van der Waals surface area contributed by atoms with Gasteiger partial charge in [0.15, 0.2) is 0 Å². The summed E-state index contributed by atoms with van der Waals surface area (Å²) in [5.41, 5.74) is 8.63. The Kier molecular flexibility index (Phi) is 5.30. The van der Waals surface area contributed by atoms with Crippen molar-refractivity contribution in [3.63, 3.8) is 0 Å². The van der Waals surface area contributed by atoms with E-state index < -0.39 is 6.04 Å². The molecule has 0 spiro atoms. The topological polar surface area (TPSA) is 61.6 Å². The Morgan fingerprint density at radius 3 is 2.44 bits per heavy atom. The second-order valence-electron chi connectivity index (χ2n) is 7.67. The number of hydrogen-bond donors (Lipinski definition) is 2. The summed E-state index contributed by atoms with van der Waals surface area (Å²) in [5.74, 6) is 0.577. The van der Waals surface area contributed by atoms with Gasteiger partial charge in [-0.2, -0.15) is 0 Å². The standard InChI is InChI=1S/C22H28N4O/c23-22(27)21(18-5-2-1-3-6-18)24-19-7-4-8-20(15-19)26-13-11-25(12-14-26)16-17-9-10-17/h1-8,15,17,21,24H,9-14,16H2,(H2,23,27). The summed E-state index contributed by atoms with van der Waals surface area (Å²) >= 11 is 0. The summed E-state index contributed by atoms with van der Waals surface area (Å²) in [6, 6.07) is 17.4. The number of piperazine rings is 1. The molecule has 5 heteroatoms.